The van der Waals surface area contributed by atoms with Crippen molar-refractivity contribution < 1.29 is 4.92 Å². The molecule has 2 aromatic rings. The van der Waals surface area contributed by atoms with Crippen LogP contribution in [0.1, 0.15) is 5.56 Å². The summed E-state index contributed by atoms with van der Waals surface area (Å²) in [5.41, 5.74) is 2.00. The van der Waals surface area contributed by atoms with E-state index in [9.17, 15) is 10.1 Å². The predicted octanol–water partition coefficient (Wildman–Crippen LogP) is 4.03. The van der Waals surface area contributed by atoms with Gasteiger partial charge in [-0.1, -0.05) is 6.07 Å². The van der Waals surface area contributed by atoms with Crippen LogP contribution in [0.2, 0.25) is 0 Å². The first kappa shape index (κ1) is 12.1. The maximum absolute atomic E-state index is 10.8. The number of anilines is 1. The number of benzene rings is 1. The van der Waals surface area contributed by atoms with E-state index in [1.54, 1.807) is 23.5 Å². The van der Waals surface area contributed by atoms with Crippen LogP contribution in [0.3, 0.4) is 0 Å². The van der Waals surface area contributed by atoms with Crippen molar-refractivity contribution >= 4 is 38.6 Å². The molecule has 0 fully saturated rings. The molecule has 0 saturated heterocycles. The van der Waals surface area contributed by atoms with Gasteiger partial charge in [-0.25, -0.2) is 0 Å². The molecule has 17 heavy (non-hydrogen) atoms. The number of nitro benzene ring substituents is 1. The van der Waals surface area contributed by atoms with Gasteiger partial charge in [0.2, 0.25) is 0 Å². The van der Waals surface area contributed by atoms with Crippen LogP contribution in [0.5, 0.6) is 0 Å². The van der Waals surface area contributed by atoms with Gasteiger partial charge >= 0.3 is 0 Å². The molecule has 0 aliphatic rings. The maximum Gasteiger partial charge on any atom is 0.283 e. The summed E-state index contributed by atoms with van der Waals surface area (Å²) >= 11 is 4.77. The lowest BCUT2D eigenvalue weighted by Crippen LogP contribution is -1.99. The Morgan fingerprint density at radius 3 is 2.88 bits per heavy atom. The lowest BCUT2D eigenvalue weighted by molar-refractivity contribution is -0.385. The normalized spacial score (nSPS) is 10.2. The van der Waals surface area contributed by atoms with Gasteiger partial charge in [0.25, 0.3) is 5.69 Å². The molecule has 2 rings (SSSR count). The fraction of sp³-hybridized carbons (Fsp3) is 0.0909. The van der Waals surface area contributed by atoms with Gasteiger partial charge in [-0.15, -0.1) is 0 Å². The van der Waals surface area contributed by atoms with E-state index in [4.69, 9.17) is 0 Å². The van der Waals surface area contributed by atoms with Crippen LogP contribution in [-0.2, 0) is 6.54 Å². The molecule has 0 bridgehead atoms. The molecule has 0 radical (unpaired) electrons. The van der Waals surface area contributed by atoms with E-state index in [1.807, 2.05) is 22.9 Å². The summed E-state index contributed by atoms with van der Waals surface area (Å²) in [5.74, 6) is 0. The number of nitrogens with one attached hydrogen (secondary N) is 1. The molecule has 88 valence electrons. The zero-order valence-corrected chi connectivity index (χ0v) is 11.1. The third-order valence-corrected chi connectivity index (χ3v) is 3.58. The molecule has 0 aliphatic heterocycles. The van der Waals surface area contributed by atoms with E-state index in [0.29, 0.717) is 11.0 Å². The average molecular weight is 313 g/mol. The van der Waals surface area contributed by atoms with Crippen molar-refractivity contribution in [3.05, 3.63) is 55.2 Å². The van der Waals surface area contributed by atoms with Gasteiger partial charge in [-0.05, 0) is 39.0 Å². The van der Waals surface area contributed by atoms with Crippen LogP contribution < -0.4 is 5.32 Å². The van der Waals surface area contributed by atoms with Crippen molar-refractivity contribution in [3.8, 4) is 0 Å². The topological polar surface area (TPSA) is 55.2 Å². The Morgan fingerprint density at radius 1 is 1.41 bits per heavy atom. The number of halogens is 1. The van der Waals surface area contributed by atoms with E-state index in [1.165, 1.54) is 0 Å². The highest BCUT2D eigenvalue weighted by Crippen LogP contribution is 2.26. The fourth-order valence-corrected chi connectivity index (χ4v) is 2.38. The third-order valence-electron chi connectivity index (χ3n) is 2.23. The minimum Gasteiger partial charge on any atom is -0.380 e. The van der Waals surface area contributed by atoms with Gasteiger partial charge in [0.1, 0.15) is 0 Å². The minimum atomic E-state index is -0.391. The molecular formula is C11H9BrN2O2S. The summed E-state index contributed by atoms with van der Waals surface area (Å²) in [7, 11) is 0. The summed E-state index contributed by atoms with van der Waals surface area (Å²) in [5, 5.41) is 17.9. The number of hydrogen-bond acceptors (Lipinski definition) is 4. The maximum atomic E-state index is 10.8. The Morgan fingerprint density at radius 2 is 2.24 bits per heavy atom. The largest absolute Gasteiger partial charge is 0.380 e. The van der Waals surface area contributed by atoms with Crippen molar-refractivity contribution in [3.63, 3.8) is 0 Å². The molecule has 6 heteroatoms. The summed E-state index contributed by atoms with van der Waals surface area (Å²) < 4.78 is 0.502. The SMILES string of the molecule is O=[N+]([O-])c1cc(CNc2ccsc2)ccc1Br. The monoisotopic (exact) mass is 312 g/mol. The van der Waals surface area contributed by atoms with Crippen molar-refractivity contribution in [2.24, 2.45) is 0 Å². The quantitative estimate of drug-likeness (QED) is 0.685. The number of nitro groups is 1. The second kappa shape index (κ2) is 5.29. The highest BCUT2D eigenvalue weighted by Gasteiger charge is 2.11. The number of hydrogen-bond donors (Lipinski definition) is 1. The Bertz CT molecular complexity index is 528. The van der Waals surface area contributed by atoms with Crippen LogP contribution in [-0.4, -0.2) is 4.92 Å². The summed E-state index contributed by atoms with van der Waals surface area (Å²) in [6.07, 6.45) is 0. The average Bonchev–Trinajstić information content (AvgIpc) is 2.80. The molecule has 0 saturated carbocycles. The first-order valence-electron chi connectivity index (χ1n) is 4.85. The van der Waals surface area contributed by atoms with E-state index in [2.05, 4.69) is 21.2 Å². The first-order valence-corrected chi connectivity index (χ1v) is 6.59. The Labute approximate surface area is 111 Å². The third kappa shape index (κ3) is 3.04. The molecule has 1 N–H and O–H groups in total. The first-order chi connectivity index (χ1) is 8.16. The van der Waals surface area contributed by atoms with Crippen LogP contribution in [0.25, 0.3) is 0 Å². The van der Waals surface area contributed by atoms with Crippen LogP contribution in [0.4, 0.5) is 11.4 Å². The summed E-state index contributed by atoms with van der Waals surface area (Å²) in [6, 6.07) is 7.10. The number of nitrogens with zero attached hydrogens (tertiary/aromatic N) is 1. The molecule has 0 aliphatic carbocycles. The standard InChI is InChI=1S/C11H9BrN2O2S/c12-10-2-1-8(5-11(10)14(15)16)6-13-9-3-4-17-7-9/h1-5,7,13H,6H2. The molecule has 1 heterocycles. The highest BCUT2D eigenvalue weighted by atomic mass is 79.9. The Balaban J connectivity index is 2.11. The summed E-state index contributed by atoms with van der Waals surface area (Å²) in [4.78, 5) is 10.4. The van der Waals surface area contributed by atoms with Crippen molar-refractivity contribution in [1.29, 1.82) is 0 Å². The molecule has 4 nitrogen and oxygen atoms in total. The minimum absolute atomic E-state index is 0.0922. The zero-order valence-electron chi connectivity index (χ0n) is 8.72. The molecule has 0 unspecified atom stereocenters. The highest BCUT2D eigenvalue weighted by molar-refractivity contribution is 9.10. The second-order valence-electron chi connectivity index (χ2n) is 3.41. The fourth-order valence-electron chi connectivity index (χ4n) is 1.38. The lowest BCUT2D eigenvalue weighted by Gasteiger charge is -2.04. The number of thiophene rings is 1. The second-order valence-corrected chi connectivity index (χ2v) is 5.04. The van der Waals surface area contributed by atoms with Crippen molar-refractivity contribution in [2.75, 3.05) is 5.32 Å². The van der Waals surface area contributed by atoms with Crippen LogP contribution >= 0.6 is 27.3 Å². The lowest BCUT2D eigenvalue weighted by atomic mass is 10.2. The molecule has 1 aromatic carbocycles. The van der Waals surface area contributed by atoms with E-state index < -0.39 is 4.92 Å². The van der Waals surface area contributed by atoms with E-state index in [0.717, 1.165) is 11.3 Å². The van der Waals surface area contributed by atoms with Crippen molar-refractivity contribution in [2.45, 2.75) is 6.54 Å². The van der Waals surface area contributed by atoms with Crippen LogP contribution in [0, 0.1) is 10.1 Å². The van der Waals surface area contributed by atoms with E-state index >= 15 is 0 Å². The van der Waals surface area contributed by atoms with E-state index in [-0.39, 0.29) is 5.69 Å². The molecule has 0 atom stereocenters. The zero-order chi connectivity index (χ0) is 12.3. The Kier molecular flexibility index (Phi) is 3.75. The molecule has 0 amide bonds. The van der Waals surface area contributed by atoms with Gasteiger partial charge in [0.05, 0.1) is 9.40 Å². The Hall–Kier alpha value is -1.40. The van der Waals surface area contributed by atoms with Gasteiger partial charge in [0, 0.05) is 23.7 Å². The van der Waals surface area contributed by atoms with Gasteiger partial charge in [-0.3, -0.25) is 10.1 Å². The van der Waals surface area contributed by atoms with Gasteiger partial charge < -0.3 is 5.32 Å². The smallest absolute Gasteiger partial charge is 0.283 e. The molecule has 1 aromatic heterocycles. The predicted molar refractivity (Wildman–Crippen MR) is 72.4 cm³/mol. The molecule has 0 spiro atoms. The summed E-state index contributed by atoms with van der Waals surface area (Å²) in [6.45, 7) is 0.574. The number of rotatable bonds is 4. The van der Waals surface area contributed by atoms with Crippen molar-refractivity contribution in [1.82, 2.24) is 0 Å². The molecular weight excluding hydrogens is 304 g/mol. The van der Waals surface area contributed by atoms with Crippen LogP contribution in [0.15, 0.2) is 39.5 Å². The van der Waals surface area contributed by atoms with Gasteiger partial charge in [-0.2, -0.15) is 11.3 Å². The van der Waals surface area contributed by atoms with Gasteiger partial charge in [0.15, 0.2) is 0 Å².